The number of nitrogens with one attached hydrogen (secondary N) is 1. The lowest BCUT2D eigenvalue weighted by Crippen LogP contribution is -2.42. The van der Waals surface area contributed by atoms with E-state index in [4.69, 9.17) is 21.1 Å². The first-order chi connectivity index (χ1) is 20.0. The Hall–Kier alpha value is -4.27. The third-order valence-electron chi connectivity index (χ3n) is 6.94. The molecule has 0 aliphatic carbocycles. The predicted octanol–water partition coefficient (Wildman–Crippen LogP) is 6.58. The average Bonchev–Trinajstić information content (AvgIpc) is 3.62. The molecule has 2 aromatic heterocycles. The van der Waals surface area contributed by atoms with E-state index < -0.39 is 0 Å². The summed E-state index contributed by atoms with van der Waals surface area (Å²) in [7, 11) is 0. The summed E-state index contributed by atoms with van der Waals surface area (Å²) in [6, 6.07) is 29.1. The second-order valence-corrected chi connectivity index (χ2v) is 11.2. The van der Waals surface area contributed by atoms with Crippen LogP contribution in [0.3, 0.4) is 0 Å². The SMILES string of the molecule is Cc1ccc(-n2nc(-c3ccccc3)c3c2N(CC(=O)NCc2ccco2)C(=O)CSC3c2ccccc2Cl)cc1. The highest BCUT2D eigenvalue weighted by molar-refractivity contribution is 8.00. The van der Waals surface area contributed by atoms with Crippen molar-refractivity contribution in [3.05, 3.63) is 125 Å². The molecule has 1 unspecified atom stereocenters. The number of carbonyl (C=O) groups is 2. The van der Waals surface area contributed by atoms with Crippen LogP contribution in [-0.4, -0.2) is 33.9 Å². The molecule has 6 rings (SSSR count). The molecule has 1 N–H and O–H groups in total. The molecule has 9 heteroatoms. The van der Waals surface area contributed by atoms with Crippen LogP contribution in [0.4, 0.5) is 5.82 Å². The molecule has 41 heavy (non-hydrogen) atoms. The van der Waals surface area contributed by atoms with Crippen molar-refractivity contribution in [1.82, 2.24) is 15.1 Å². The molecule has 0 spiro atoms. The zero-order valence-corrected chi connectivity index (χ0v) is 23.9. The van der Waals surface area contributed by atoms with Crippen LogP contribution >= 0.6 is 23.4 Å². The first-order valence-electron chi connectivity index (χ1n) is 13.2. The lowest BCUT2D eigenvalue weighted by Gasteiger charge is -2.23. The number of halogens is 1. The molecule has 5 aromatic rings. The lowest BCUT2D eigenvalue weighted by atomic mass is 9.99. The number of furan rings is 1. The second kappa shape index (κ2) is 11.7. The van der Waals surface area contributed by atoms with E-state index >= 15 is 0 Å². The summed E-state index contributed by atoms with van der Waals surface area (Å²) in [5.41, 5.74) is 5.24. The number of aryl methyl sites for hydroxylation is 1. The van der Waals surface area contributed by atoms with Crippen molar-refractivity contribution in [2.75, 3.05) is 17.2 Å². The van der Waals surface area contributed by atoms with E-state index in [9.17, 15) is 9.59 Å². The van der Waals surface area contributed by atoms with Crippen LogP contribution in [0.15, 0.2) is 102 Å². The van der Waals surface area contributed by atoms with Crippen molar-refractivity contribution in [2.24, 2.45) is 0 Å². The molecule has 3 aromatic carbocycles. The number of benzene rings is 3. The first-order valence-corrected chi connectivity index (χ1v) is 14.6. The molecule has 7 nitrogen and oxygen atoms in total. The fourth-order valence-corrected chi connectivity index (χ4v) is 6.47. The van der Waals surface area contributed by atoms with Gasteiger partial charge in [0, 0.05) is 16.1 Å². The van der Waals surface area contributed by atoms with E-state index in [-0.39, 0.29) is 35.9 Å². The normalized spacial score (nSPS) is 14.9. The van der Waals surface area contributed by atoms with Gasteiger partial charge in [0.2, 0.25) is 11.8 Å². The van der Waals surface area contributed by atoms with Crippen LogP contribution in [0.5, 0.6) is 0 Å². The molecule has 0 bridgehead atoms. The van der Waals surface area contributed by atoms with Gasteiger partial charge >= 0.3 is 0 Å². The highest BCUT2D eigenvalue weighted by atomic mass is 35.5. The molecule has 0 radical (unpaired) electrons. The minimum Gasteiger partial charge on any atom is -0.467 e. The Morgan fingerprint density at radius 1 is 1.02 bits per heavy atom. The minimum atomic E-state index is -0.306. The minimum absolute atomic E-state index is 0.165. The van der Waals surface area contributed by atoms with Gasteiger partial charge in [-0.15, -0.1) is 11.8 Å². The van der Waals surface area contributed by atoms with Crippen molar-refractivity contribution in [3.63, 3.8) is 0 Å². The van der Waals surface area contributed by atoms with Crippen LogP contribution < -0.4 is 10.2 Å². The van der Waals surface area contributed by atoms with Crippen molar-refractivity contribution >= 4 is 41.0 Å². The number of thioether (sulfide) groups is 1. The van der Waals surface area contributed by atoms with Crippen LogP contribution in [0.1, 0.15) is 27.7 Å². The Balaban J connectivity index is 1.54. The highest BCUT2D eigenvalue weighted by Gasteiger charge is 2.38. The number of anilines is 1. The van der Waals surface area contributed by atoms with Crippen molar-refractivity contribution in [3.8, 4) is 16.9 Å². The smallest absolute Gasteiger partial charge is 0.240 e. The Bertz CT molecular complexity index is 1680. The highest BCUT2D eigenvalue weighted by Crippen LogP contribution is 2.49. The van der Waals surface area contributed by atoms with E-state index in [0.717, 1.165) is 33.6 Å². The van der Waals surface area contributed by atoms with Crippen LogP contribution in [-0.2, 0) is 16.1 Å². The summed E-state index contributed by atoms with van der Waals surface area (Å²) in [6.45, 7) is 2.07. The van der Waals surface area contributed by atoms with Gasteiger partial charge in [-0.25, -0.2) is 4.68 Å². The Morgan fingerprint density at radius 2 is 1.78 bits per heavy atom. The number of aromatic nitrogens is 2. The lowest BCUT2D eigenvalue weighted by molar-refractivity contribution is -0.123. The van der Waals surface area contributed by atoms with Crippen LogP contribution in [0.25, 0.3) is 16.9 Å². The van der Waals surface area contributed by atoms with E-state index in [1.165, 1.54) is 11.8 Å². The molecule has 1 atom stereocenters. The Kier molecular flexibility index (Phi) is 7.67. The number of nitrogens with zero attached hydrogens (tertiary/aromatic N) is 3. The molecule has 1 aliphatic rings. The van der Waals surface area contributed by atoms with Crippen molar-refractivity contribution < 1.29 is 14.0 Å². The largest absolute Gasteiger partial charge is 0.467 e. The van der Waals surface area contributed by atoms with E-state index in [1.807, 2.05) is 85.8 Å². The molecule has 206 valence electrons. The quantitative estimate of drug-likeness (QED) is 0.234. The van der Waals surface area contributed by atoms with E-state index in [2.05, 4.69) is 5.32 Å². The van der Waals surface area contributed by atoms with Crippen LogP contribution in [0, 0.1) is 6.92 Å². The predicted molar refractivity (Wildman–Crippen MR) is 162 cm³/mol. The summed E-state index contributed by atoms with van der Waals surface area (Å²) in [4.78, 5) is 28.6. The topological polar surface area (TPSA) is 80.4 Å². The second-order valence-electron chi connectivity index (χ2n) is 9.75. The summed E-state index contributed by atoms with van der Waals surface area (Å²) in [6.07, 6.45) is 1.56. The number of hydrogen-bond acceptors (Lipinski definition) is 5. The Morgan fingerprint density at radius 3 is 2.51 bits per heavy atom. The molecule has 2 amide bonds. The molecule has 3 heterocycles. The fraction of sp³-hybridized carbons (Fsp3) is 0.156. The molecule has 0 saturated carbocycles. The summed E-state index contributed by atoms with van der Waals surface area (Å²) in [5, 5.41) is 8.29. The zero-order valence-electron chi connectivity index (χ0n) is 22.3. The maximum absolute atomic E-state index is 13.8. The molecule has 0 saturated heterocycles. The zero-order chi connectivity index (χ0) is 28.3. The standard InChI is InChI=1S/C32H27ClN4O3S/c1-21-13-15-23(16-14-21)37-32-29(30(35-37)22-8-3-2-4-9-22)31(25-11-5-6-12-26(25)33)41-20-28(39)36(32)19-27(38)34-18-24-10-7-17-40-24/h2-17,31H,18-20H2,1H3,(H,34,38). The average molecular weight is 583 g/mol. The summed E-state index contributed by atoms with van der Waals surface area (Å²) in [5.74, 6) is 0.858. The van der Waals surface area contributed by atoms with E-state index in [1.54, 1.807) is 28.0 Å². The monoisotopic (exact) mass is 582 g/mol. The summed E-state index contributed by atoms with van der Waals surface area (Å²) < 4.78 is 7.14. The molecule has 1 aliphatic heterocycles. The first kappa shape index (κ1) is 26.9. The van der Waals surface area contributed by atoms with Gasteiger partial charge in [0.15, 0.2) is 0 Å². The number of hydrogen-bond donors (Lipinski definition) is 1. The van der Waals surface area contributed by atoms with Gasteiger partial charge < -0.3 is 9.73 Å². The Labute approximate surface area is 247 Å². The van der Waals surface area contributed by atoms with Crippen LogP contribution in [0.2, 0.25) is 5.02 Å². The fourth-order valence-electron chi connectivity index (χ4n) is 4.93. The third-order valence-corrected chi connectivity index (χ3v) is 8.52. The number of amides is 2. The summed E-state index contributed by atoms with van der Waals surface area (Å²) >= 11 is 8.24. The van der Waals surface area contributed by atoms with Crippen molar-refractivity contribution in [2.45, 2.75) is 18.7 Å². The van der Waals surface area contributed by atoms with Gasteiger partial charge in [0.05, 0.1) is 35.2 Å². The van der Waals surface area contributed by atoms with Gasteiger partial charge in [0.1, 0.15) is 18.1 Å². The van der Waals surface area contributed by atoms with Gasteiger partial charge in [-0.05, 0) is 42.8 Å². The van der Waals surface area contributed by atoms with Crippen molar-refractivity contribution in [1.29, 1.82) is 0 Å². The maximum Gasteiger partial charge on any atom is 0.240 e. The molecule has 0 fully saturated rings. The van der Waals surface area contributed by atoms with Gasteiger partial charge in [0.25, 0.3) is 0 Å². The third kappa shape index (κ3) is 5.53. The number of fused-ring (bicyclic) bond motifs is 1. The molecular weight excluding hydrogens is 556 g/mol. The number of carbonyl (C=O) groups excluding carboxylic acids is 2. The maximum atomic E-state index is 13.8. The van der Waals surface area contributed by atoms with E-state index in [0.29, 0.717) is 16.6 Å². The van der Waals surface area contributed by atoms with Gasteiger partial charge in [-0.2, -0.15) is 5.10 Å². The van der Waals surface area contributed by atoms with Gasteiger partial charge in [-0.3, -0.25) is 14.5 Å². The number of rotatable bonds is 7. The molecular formula is C32H27ClN4O3S. The van der Waals surface area contributed by atoms with Gasteiger partial charge in [-0.1, -0.05) is 77.8 Å².